The van der Waals surface area contributed by atoms with Gasteiger partial charge >= 0.3 is 0 Å². The number of anilines is 1. The molecule has 2 aromatic heterocycles. The summed E-state index contributed by atoms with van der Waals surface area (Å²) in [5.41, 5.74) is 1.90. The molecule has 21 heavy (non-hydrogen) atoms. The van der Waals surface area contributed by atoms with Gasteiger partial charge in [0.2, 0.25) is 0 Å². The molecule has 0 radical (unpaired) electrons. The lowest BCUT2D eigenvalue weighted by atomic mass is 10.2. The zero-order valence-electron chi connectivity index (χ0n) is 12.0. The van der Waals surface area contributed by atoms with Gasteiger partial charge < -0.3 is 4.90 Å². The molecule has 0 atom stereocenters. The molecule has 0 spiro atoms. The van der Waals surface area contributed by atoms with E-state index in [4.69, 9.17) is 0 Å². The van der Waals surface area contributed by atoms with Crippen LogP contribution in [0, 0.1) is 12.7 Å². The molecular formula is C15H18FN5. The molecule has 5 nitrogen and oxygen atoms in total. The van der Waals surface area contributed by atoms with Crippen molar-refractivity contribution in [2.24, 2.45) is 0 Å². The summed E-state index contributed by atoms with van der Waals surface area (Å²) >= 11 is 0. The molecule has 1 fully saturated rings. The van der Waals surface area contributed by atoms with Gasteiger partial charge in [0.05, 0.1) is 6.20 Å². The Balaban J connectivity index is 1.58. The predicted molar refractivity (Wildman–Crippen MR) is 78.5 cm³/mol. The minimum Gasteiger partial charge on any atom is -0.354 e. The highest BCUT2D eigenvalue weighted by Gasteiger charge is 2.18. The Morgan fingerprint density at radius 3 is 2.62 bits per heavy atom. The van der Waals surface area contributed by atoms with Gasteiger partial charge in [-0.2, -0.15) is 0 Å². The summed E-state index contributed by atoms with van der Waals surface area (Å²) in [6.45, 7) is 6.40. The lowest BCUT2D eigenvalue weighted by Crippen LogP contribution is -2.46. The highest BCUT2D eigenvalue weighted by atomic mass is 19.1. The molecule has 1 aliphatic heterocycles. The Morgan fingerprint density at radius 2 is 1.90 bits per heavy atom. The number of aryl methyl sites for hydroxylation is 1. The Kier molecular flexibility index (Phi) is 4.06. The zero-order valence-corrected chi connectivity index (χ0v) is 12.0. The number of nitrogens with zero attached hydrogens (tertiary/aromatic N) is 5. The number of hydrogen-bond acceptors (Lipinski definition) is 5. The van der Waals surface area contributed by atoms with Crippen LogP contribution >= 0.6 is 0 Å². The van der Waals surface area contributed by atoms with E-state index in [1.54, 1.807) is 18.6 Å². The number of aromatic nitrogens is 3. The second kappa shape index (κ2) is 6.13. The van der Waals surface area contributed by atoms with Gasteiger partial charge in [0.25, 0.3) is 0 Å². The molecule has 0 N–H and O–H groups in total. The highest BCUT2D eigenvalue weighted by molar-refractivity contribution is 5.39. The van der Waals surface area contributed by atoms with Crippen molar-refractivity contribution in [1.29, 1.82) is 0 Å². The molecule has 1 aliphatic rings. The average Bonchev–Trinajstić information content (AvgIpc) is 2.48. The smallest absolute Gasteiger partial charge is 0.141 e. The van der Waals surface area contributed by atoms with E-state index in [9.17, 15) is 4.39 Å². The van der Waals surface area contributed by atoms with Crippen LogP contribution in [0.5, 0.6) is 0 Å². The second-order valence-electron chi connectivity index (χ2n) is 5.29. The largest absolute Gasteiger partial charge is 0.354 e. The van der Waals surface area contributed by atoms with E-state index >= 15 is 0 Å². The third kappa shape index (κ3) is 3.52. The number of pyridine rings is 1. The molecule has 6 heteroatoms. The van der Waals surface area contributed by atoms with Crippen molar-refractivity contribution in [2.75, 3.05) is 31.1 Å². The van der Waals surface area contributed by atoms with Gasteiger partial charge in [-0.05, 0) is 18.6 Å². The Hall–Kier alpha value is -2.08. The standard InChI is InChI=1S/C15H18FN5/c1-12-6-15(19-11-18-12)21-4-2-20(3-5-21)10-13-7-14(16)9-17-8-13/h6-9,11H,2-5,10H2,1H3. The Bertz CT molecular complexity index is 611. The fourth-order valence-electron chi connectivity index (χ4n) is 2.55. The highest BCUT2D eigenvalue weighted by Crippen LogP contribution is 2.15. The molecule has 110 valence electrons. The summed E-state index contributed by atoms with van der Waals surface area (Å²) in [5, 5.41) is 0. The molecule has 3 heterocycles. The minimum atomic E-state index is -0.275. The van der Waals surface area contributed by atoms with Gasteiger partial charge in [-0.3, -0.25) is 9.88 Å². The van der Waals surface area contributed by atoms with E-state index in [0.717, 1.165) is 49.8 Å². The first-order valence-electron chi connectivity index (χ1n) is 7.06. The van der Waals surface area contributed by atoms with Crippen LogP contribution in [0.1, 0.15) is 11.3 Å². The van der Waals surface area contributed by atoms with Gasteiger partial charge in [0.15, 0.2) is 0 Å². The molecule has 0 bridgehead atoms. The van der Waals surface area contributed by atoms with Crippen molar-refractivity contribution in [3.63, 3.8) is 0 Å². The van der Waals surface area contributed by atoms with Crippen LogP contribution in [0.25, 0.3) is 0 Å². The Labute approximate surface area is 123 Å². The first-order valence-corrected chi connectivity index (χ1v) is 7.06. The summed E-state index contributed by atoms with van der Waals surface area (Å²) < 4.78 is 13.1. The maximum Gasteiger partial charge on any atom is 0.141 e. The first-order chi connectivity index (χ1) is 10.2. The predicted octanol–water partition coefficient (Wildman–Crippen LogP) is 1.64. The molecule has 0 unspecified atom stereocenters. The third-order valence-corrected chi connectivity index (χ3v) is 3.65. The monoisotopic (exact) mass is 287 g/mol. The van der Waals surface area contributed by atoms with Crippen LogP contribution in [0.4, 0.5) is 10.2 Å². The summed E-state index contributed by atoms with van der Waals surface area (Å²) in [6, 6.07) is 3.55. The van der Waals surface area contributed by atoms with Crippen molar-refractivity contribution in [3.05, 3.63) is 47.9 Å². The normalized spacial score (nSPS) is 16.2. The van der Waals surface area contributed by atoms with E-state index in [0.29, 0.717) is 0 Å². The van der Waals surface area contributed by atoms with Gasteiger partial charge in [-0.15, -0.1) is 0 Å². The molecule has 0 amide bonds. The van der Waals surface area contributed by atoms with Crippen LogP contribution < -0.4 is 4.90 Å². The van der Waals surface area contributed by atoms with Crippen molar-refractivity contribution < 1.29 is 4.39 Å². The number of rotatable bonds is 3. The van der Waals surface area contributed by atoms with Crippen LogP contribution in [0.2, 0.25) is 0 Å². The van der Waals surface area contributed by atoms with E-state index < -0.39 is 0 Å². The van der Waals surface area contributed by atoms with Crippen LogP contribution in [0.15, 0.2) is 30.9 Å². The third-order valence-electron chi connectivity index (χ3n) is 3.65. The van der Waals surface area contributed by atoms with Crippen LogP contribution in [-0.4, -0.2) is 46.0 Å². The number of piperazine rings is 1. The van der Waals surface area contributed by atoms with E-state index in [-0.39, 0.29) is 5.82 Å². The maximum absolute atomic E-state index is 13.1. The van der Waals surface area contributed by atoms with Gasteiger partial charge in [-0.1, -0.05) is 0 Å². The lowest BCUT2D eigenvalue weighted by Gasteiger charge is -2.35. The molecule has 0 aromatic carbocycles. The fraction of sp³-hybridized carbons (Fsp3) is 0.400. The van der Waals surface area contributed by atoms with E-state index in [2.05, 4.69) is 24.8 Å². The van der Waals surface area contributed by atoms with Gasteiger partial charge in [0, 0.05) is 50.7 Å². The molecule has 0 aliphatic carbocycles. The zero-order chi connectivity index (χ0) is 14.7. The van der Waals surface area contributed by atoms with Crippen LogP contribution in [-0.2, 0) is 6.54 Å². The molecular weight excluding hydrogens is 269 g/mol. The van der Waals surface area contributed by atoms with Crippen molar-refractivity contribution in [3.8, 4) is 0 Å². The van der Waals surface area contributed by atoms with E-state index in [1.807, 2.05) is 13.0 Å². The summed E-state index contributed by atoms with van der Waals surface area (Å²) in [5.74, 6) is 0.706. The van der Waals surface area contributed by atoms with Gasteiger partial charge in [0.1, 0.15) is 18.0 Å². The van der Waals surface area contributed by atoms with Crippen molar-refractivity contribution >= 4 is 5.82 Å². The second-order valence-corrected chi connectivity index (χ2v) is 5.29. The summed E-state index contributed by atoms with van der Waals surface area (Å²) in [4.78, 5) is 16.9. The maximum atomic E-state index is 13.1. The number of hydrogen-bond donors (Lipinski definition) is 0. The average molecular weight is 287 g/mol. The summed E-state index contributed by atoms with van der Waals surface area (Å²) in [6.07, 6.45) is 4.57. The fourth-order valence-corrected chi connectivity index (χ4v) is 2.55. The SMILES string of the molecule is Cc1cc(N2CCN(Cc3cncc(F)c3)CC2)ncn1. The number of halogens is 1. The van der Waals surface area contributed by atoms with Crippen LogP contribution in [0.3, 0.4) is 0 Å². The molecule has 3 rings (SSSR count). The first kappa shape index (κ1) is 13.9. The molecule has 1 saturated heterocycles. The minimum absolute atomic E-state index is 0.275. The lowest BCUT2D eigenvalue weighted by molar-refractivity contribution is 0.248. The van der Waals surface area contributed by atoms with E-state index in [1.165, 1.54) is 6.20 Å². The summed E-state index contributed by atoms with van der Waals surface area (Å²) in [7, 11) is 0. The van der Waals surface area contributed by atoms with Crippen molar-refractivity contribution in [2.45, 2.75) is 13.5 Å². The quantitative estimate of drug-likeness (QED) is 0.859. The topological polar surface area (TPSA) is 45.2 Å². The molecule has 0 saturated carbocycles. The van der Waals surface area contributed by atoms with Crippen molar-refractivity contribution in [1.82, 2.24) is 19.9 Å². The Morgan fingerprint density at radius 1 is 1.10 bits per heavy atom. The molecule has 2 aromatic rings. The van der Waals surface area contributed by atoms with Gasteiger partial charge in [-0.25, -0.2) is 14.4 Å².